The molecule has 30 heavy (non-hydrogen) atoms. The van der Waals surface area contributed by atoms with E-state index in [0.29, 0.717) is 27.7 Å². The summed E-state index contributed by atoms with van der Waals surface area (Å²) in [5.41, 5.74) is 8.39. The molecule has 0 bridgehead atoms. The molecule has 0 saturated heterocycles. The van der Waals surface area contributed by atoms with Gasteiger partial charge < -0.3 is 15.1 Å². The normalized spacial score (nSPS) is 11.2. The summed E-state index contributed by atoms with van der Waals surface area (Å²) in [5.74, 6) is -0.644. The van der Waals surface area contributed by atoms with Crippen LogP contribution in [-0.4, -0.2) is 21.8 Å². The molecule has 0 spiro atoms. The summed E-state index contributed by atoms with van der Waals surface area (Å²) in [5, 5.41) is 7.95. The van der Waals surface area contributed by atoms with Gasteiger partial charge >= 0.3 is 0 Å². The Labute approximate surface area is 174 Å². The first kappa shape index (κ1) is 18.1. The molecule has 0 radical (unpaired) electrons. The van der Waals surface area contributed by atoms with Gasteiger partial charge in [0.25, 0.3) is 11.8 Å². The molecule has 3 aromatic heterocycles. The van der Waals surface area contributed by atoms with Gasteiger partial charge in [-0.25, -0.2) is 4.98 Å². The zero-order valence-electron chi connectivity index (χ0n) is 15.9. The van der Waals surface area contributed by atoms with Crippen LogP contribution in [0.5, 0.6) is 0 Å². The van der Waals surface area contributed by atoms with Crippen molar-refractivity contribution in [2.75, 3.05) is 5.32 Å². The number of primary amides is 1. The fourth-order valence-corrected chi connectivity index (χ4v) is 4.18. The monoisotopic (exact) mass is 416 g/mol. The predicted molar refractivity (Wildman–Crippen MR) is 117 cm³/mol. The Morgan fingerprint density at radius 2 is 2.00 bits per heavy atom. The summed E-state index contributed by atoms with van der Waals surface area (Å²) in [6.45, 7) is 1.87. The van der Waals surface area contributed by atoms with Crippen LogP contribution in [0.1, 0.15) is 26.6 Å². The van der Waals surface area contributed by atoms with E-state index >= 15 is 0 Å². The first-order valence-electron chi connectivity index (χ1n) is 9.17. The number of amides is 2. The van der Waals surface area contributed by atoms with Crippen molar-refractivity contribution in [3.63, 3.8) is 0 Å². The highest BCUT2D eigenvalue weighted by molar-refractivity contribution is 7.14. The van der Waals surface area contributed by atoms with E-state index < -0.39 is 5.91 Å². The minimum atomic E-state index is -0.544. The molecule has 4 N–H and O–H groups in total. The summed E-state index contributed by atoms with van der Waals surface area (Å²) >= 11 is 1.29. The zero-order valence-corrected chi connectivity index (χ0v) is 16.7. The van der Waals surface area contributed by atoms with Crippen molar-refractivity contribution in [1.82, 2.24) is 9.97 Å². The molecule has 148 valence electrons. The van der Waals surface area contributed by atoms with Crippen LogP contribution >= 0.6 is 11.3 Å². The highest BCUT2D eigenvalue weighted by Crippen LogP contribution is 2.32. The van der Waals surface area contributed by atoms with Crippen LogP contribution in [0.3, 0.4) is 0 Å². The van der Waals surface area contributed by atoms with Gasteiger partial charge in [-0.05, 0) is 18.4 Å². The second-order valence-corrected chi connectivity index (χ2v) is 7.74. The number of rotatable bonds is 4. The number of anilines is 1. The Morgan fingerprint density at radius 3 is 2.80 bits per heavy atom. The Bertz CT molecular complexity index is 1440. The molecular weight excluding hydrogens is 400 g/mol. The highest BCUT2D eigenvalue weighted by Gasteiger charge is 2.20. The van der Waals surface area contributed by atoms with Gasteiger partial charge in [-0.2, -0.15) is 0 Å². The molecular formula is C22H16N4O3S. The lowest BCUT2D eigenvalue weighted by Crippen LogP contribution is -2.11. The van der Waals surface area contributed by atoms with E-state index in [2.05, 4.69) is 15.3 Å². The van der Waals surface area contributed by atoms with E-state index in [9.17, 15) is 9.59 Å². The fourth-order valence-electron chi connectivity index (χ4n) is 3.47. The number of benzene rings is 2. The second-order valence-electron chi connectivity index (χ2n) is 6.88. The Kier molecular flexibility index (Phi) is 4.14. The van der Waals surface area contributed by atoms with Gasteiger partial charge in [0, 0.05) is 33.5 Å². The van der Waals surface area contributed by atoms with E-state index in [-0.39, 0.29) is 11.7 Å². The van der Waals surface area contributed by atoms with E-state index in [4.69, 9.17) is 10.2 Å². The molecule has 0 aliphatic heterocycles. The maximum atomic E-state index is 12.9. The molecule has 0 saturated carbocycles. The van der Waals surface area contributed by atoms with E-state index in [1.807, 2.05) is 43.3 Å². The van der Waals surface area contributed by atoms with Crippen molar-refractivity contribution in [2.24, 2.45) is 5.73 Å². The van der Waals surface area contributed by atoms with E-state index in [1.165, 1.54) is 11.3 Å². The molecule has 7 nitrogen and oxygen atoms in total. The minimum Gasteiger partial charge on any atom is -0.450 e. The van der Waals surface area contributed by atoms with Crippen molar-refractivity contribution in [1.29, 1.82) is 0 Å². The molecule has 0 fully saturated rings. The number of H-pyrrole nitrogens is 1. The number of nitrogens with one attached hydrogen (secondary N) is 2. The average molecular weight is 416 g/mol. The number of fused-ring (bicyclic) bond motifs is 3. The molecule has 2 amide bonds. The van der Waals surface area contributed by atoms with Crippen LogP contribution in [0, 0.1) is 6.92 Å². The fraction of sp³-hybridized carbons (Fsp3) is 0.0455. The smallest absolute Gasteiger partial charge is 0.293 e. The lowest BCUT2D eigenvalue weighted by atomic mass is 10.1. The predicted octanol–water partition coefficient (Wildman–Crippen LogP) is 4.70. The lowest BCUT2D eigenvalue weighted by Gasteiger charge is -1.99. The highest BCUT2D eigenvalue weighted by atomic mass is 32.1. The summed E-state index contributed by atoms with van der Waals surface area (Å²) in [7, 11) is 0. The quantitative estimate of drug-likeness (QED) is 0.394. The average Bonchev–Trinajstić information content (AvgIpc) is 3.46. The van der Waals surface area contributed by atoms with E-state index in [1.54, 1.807) is 17.6 Å². The van der Waals surface area contributed by atoms with Crippen LogP contribution in [0.25, 0.3) is 33.0 Å². The number of nitrogens with zero attached hydrogens (tertiary/aromatic N) is 1. The molecule has 0 unspecified atom stereocenters. The zero-order chi connectivity index (χ0) is 20.8. The molecule has 3 heterocycles. The number of nitrogens with two attached hydrogens (primary N) is 1. The van der Waals surface area contributed by atoms with E-state index in [0.717, 1.165) is 21.7 Å². The van der Waals surface area contributed by atoms with Crippen molar-refractivity contribution in [3.8, 4) is 11.3 Å². The summed E-state index contributed by atoms with van der Waals surface area (Å²) in [4.78, 5) is 31.3. The summed E-state index contributed by atoms with van der Waals surface area (Å²) in [6.07, 6.45) is 1.65. The van der Waals surface area contributed by atoms with Gasteiger partial charge in [0.15, 0.2) is 10.9 Å². The number of thiazole rings is 1. The van der Waals surface area contributed by atoms with Crippen LogP contribution in [0.4, 0.5) is 5.13 Å². The number of carbonyl (C=O) groups is 2. The van der Waals surface area contributed by atoms with Gasteiger partial charge in [0.05, 0.1) is 5.69 Å². The second kappa shape index (κ2) is 6.85. The van der Waals surface area contributed by atoms with Crippen LogP contribution in [-0.2, 0) is 0 Å². The Balaban J connectivity index is 1.45. The number of aromatic amines is 1. The lowest BCUT2D eigenvalue weighted by molar-refractivity contribution is 0.0989. The number of furan rings is 1. The van der Waals surface area contributed by atoms with Gasteiger partial charge in [-0.3, -0.25) is 14.9 Å². The maximum absolute atomic E-state index is 12.9. The van der Waals surface area contributed by atoms with Crippen molar-refractivity contribution < 1.29 is 14.0 Å². The van der Waals surface area contributed by atoms with Crippen LogP contribution in [0.15, 0.2) is 58.5 Å². The number of aryl methyl sites for hydroxylation is 1. The number of aromatic nitrogens is 2. The first-order chi connectivity index (χ1) is 14.5. The molecule has 8 heteroatoms. The topological polar surface area (TPSA) is 114 Å². The third-order valence-electron chi connectivity index (χ3n) is 5.00. The summed E-state index contributed by atoms with van der Waals surface area (Å²) < 4.78 is 5.98. The third-order valence-corrected chi connectivity index (χ3v) is 5.76. The van der Waals surface area contributed by atoms with Gasteiger partial charge in [-0.15, -0.1) is 11.3 Å². The van der Waals surface area contributed by atoms with Crippen LogP contribution < -0.4 is 11.1 Å². The van der Waals surface area contributed by atoms with Gasteiger partial charge in [-0.1, -0.05) is 36.4 Å². The molecule has 0 aliphatic rings. The molecule has 5 aromatic rings. The minimum absolute atomic E-state index is 0.260. The molecule has 2 aromatic carbocycles. The Morgan fingerprint density at radius 1 is 1.17 bits per heavy atom. The van der Waals surface area contributed by atoms with Gasteiger partial charge in [0.2, 0.25) is 0 Å². The van der Waals surface area contributed by atoms with Gasteiger partial charge in [0.1, 0.15) is 11.3 Å². The molecule has 0 atom stereocenters. The Hall–Kier alpha value is -3.91. The molecule has 0 aliphatic carbocycles. The van der Waals surface area contributed by atoms with Crippen molar-refractivity contribution >= 4 is 50.0 Å². The number of hydrogen-bond donors (Lipinski definition) is 3. The summed E-state index contributed by atoms with van der Waals surface area (Å²) in [6, 6.07) is 13.5. The third kappa shape index (κ3) is 2.94. The largest absolute Gasteiger partial charge is 0.450 e. The standard InChI is InChI=1S/C22H16N4O3S/c1-11-14-7-6-12-4-2-3-5-15(12)19(14)29-18(11)21(28)26-22-25-17(10-30-22)13-8-16(20(23)27)24-9-13/h2-10,24H,1H3,(H2,23,27)(H,25,26,28). The first-order valence-corrected chi connectivity index (χ1v) is 10.1. The van der Waals surface area contributed by atoms with Crippen molar-refractivity contribution in [2.45, 2.75) is 6.92 Å². The van der Waals surface area contributed by atoms with Crippen LogP contribution in [0.2, 0.25) is 0 Å². The van der Waals surface area contributed by atoms with Crippen molar-refractivity contribution in [3.05, 3.63) is 71.1 Å². The number of hydrogen-bond acceptors (Lipinski definition) is 5. The maximum Gasteiger partial charge on any atom is 0.293 e. The molecule has 5 rings (SSSR count). The number of carbonyl (C=O) groups excluding carboxylic acids is 2. The SMILES string of the molecule is Cc1c(C(=O)Nc2nc(-c3c[nH]c(C(N)=O)c3)cs2)oc2c1ccc1ccccc12.